The molecule has 27 heavy (non-hydrogen) atoms. The number of esters is 2. The Morgan fingerprint density at radius 1 is 0.852 bits per heavy atom. The van der Waals surface area contributed by atoms with Crippen LogP contribution in [-0.4, -0.2) is 23.6 Å². The zero-order chi connectivity index (χ0) is 18.9. The average molecular weight is 375 g/mol. The first-order chi connectivity index (χ1) is 12.8. The van der Waals surface area contributed by atoms with Crippen molar-refractivity contribution < 1.29 is 19.1 Å². The van der Waals surface area contributed by atoms with Gasteiger partial charge in [-0.05, 0) is 87.9 Å². The summed E-state index contributed by atoms with van der Waals surface area (Å²) < 4.78 is 12.1. The number of hydrogen-bond donors (Lipinski definition) is 0. The maximum atomic E-state index is 13.2. The van der Waals surface area contributed by atoms with Crippen molar-refractivity contribution in [1.82, 2.24) is 0 Å². The Labute approximate surface area is 162 Å². The molecular weight excluding hydrogens is 340 g/mol. The minimum Gasteiger partial charge on any atom is -0.462 e. The maximum absolute atomic E-state index is 13.2. The Hall–Kier alpha value is -1.06. The lowest BCUT2D eigenvalue weighted by Gasteiger charge is -2.59. The molecule has 0 aromatic carbocycles. The van der Waals surface area contributed by atoms with E-state index >= 15 is 0 Å². The first-order valence-corrected chi connectivity index (χ1v) is 11.3. The first kappa shape index (κ1) is 18.0. The molecule has 4 nitrogen and oxygen atoms in total. The second kappa shape index (κ2) is 6.22. The predicted octanol–water partition coefficient (Wildman–Crippen LogP) is 4.36. The van der Waals surface area contributed by atoms with Gasteiger partial charge in [0.2, 0.25) is 0 Å². The Bertz CT molecular complexity index is 610. The van der Waals surface area contributed by atoms with Gasteiger partial charge in [-0.2, -0.15) is 0 Å². The molecule has 0 heterocycles. The largest absolute Gasteiger partial charge is 0.462 e. The first-order valence-electron chi connectivity index (χ1n) is 11.3. The van der Waals surface area contributed by atoms with Crippen LogP contribution in [0.3, 0.4) is 0 Å². The van der Waals surface area contributed by atoms with Crippen LogP contribution in [0.1, 0.15) is 72.1 Å². The molecule has 0 aromatic rings. The summed E-state index contributed by atoms with van der Waals surface area (Å²) >= 11 is 0. The van der Waals surface area contributed by atoms with Gasteiger partial charge in [-0.25, -0.2) is 0 Å². The van der Waals surface area contributed by atoms with E-state index in [1.54, 1.807) is 0 Å². The van der Waals surface area contributed by atoms with Crippen molar-refractivity contribution in [2.45, 2.75) is 83.8 Å². The third-order valence-corrected chi connectivity index (χ3v) is 8.87. The fourth-order valence-electron chi connectivity index (χ4n) is 7.56. The van der Waals surface area contributed by atoms with E-state index in [1.165, 1.54) is 32.1 Å². The fraction of sp³-hybridized carbons (Fsp3) is 0.913. The van der Waals surface area contributed by atoms with Crippen LogP contribution in [0.15, 0.2) is 0 Å². The van der Waals surface area contributed by atoms with Crippen LogP contribution in [0.5, 0.6) is 0 Å². The van der Waals surface area contributed by atoms with Gasteiger partial charge in [0.1, 0.15) is 11.7 Å². The van der Waals surface area contributed by atoms with E-state index in [0.717, 1.165) is 31.1 Å². The van der Waals surface area contributed by atoms with Crippen molar-refractivity contribution in [3.05, 3.63) is 0 Å². The summed E-state index contributed by atoms with van der Waals surface area (Å²) in [5.41, 5.74) is -0.254. The molecule has 0 saturated heterocycles. The van der Waals surface area contributed by atoms with E-state index in [1.807, 2.05) is 13.8 Å². The van der Waals surface area contributed by atoms with Crippen LogP contribution in [0, 0.1) is 47.3 Å². The third kappa shape index (κ3) is 2.84. The smallest absolute Gasteiger partial charge is 0.309 e. The molecule has 6 aliphatic carbocycles. The van der Waals surface area contributed by atoms with Crippen molar-refractivity contribution in [3.63, 3.8) is 0 Å². The van der Waals surface area contributed by atoms with Crippen LogP contribution < -0.4 is 0 Å². The Balaban J connectivity index is 1.27. The summed E-state index contributed by atoms with van der Waals surface area (Å²) in [6, 6.07) is 0. The van der Waals surface area contributed by atoms with Gasteiger partial charge in [0.05, 0.1) is 11.8 Å². The molecular formula is C23H34O4. The molecule has 4 heteroatoms. The van der Waals surface area contributed by atoms with E-state index < -0.39 is 0 Å². The van der Waals surface area contributed by atoms with Crippen LogP contribution in [-0.2, 0) is 19.1 Å². The van der Waals surface area contributed by atoms with Crippen molar-refractivity contribution in [2.24, 2.45) is 47.3 Å². The zero-order valence-electron chi connectivity index (χ0n) is 17.0. The number of carbonyl (C=O) groups is 2. The molecule has 6 aliphatic rings. The summed E-state index contributed by atoms with van der Waals surface area (Å²) in [6.07, 6.45) is 9.21. The summed E-state index contributed by atoms with van der Waals surface area (Å²) in [7, 11) is 0. The number of hydrogen-bond acceptors (Lipinski definition) is 4. The van der Waals surface area contributed by atoms with Crippen molar-refractivity contribution >= 4 is 11.9 Å². The molecule has 0 amide bonds. The van der Waals surface area contributed by atoms with Crippen LogP contribution in [0.25, 0.3) is 0 Å². The highest BCUT2D eigenvalue weighted by molar-refractivity contribution is 5.75. The van der Waals surface area contributed by atoms with Gasteiger partial charge in [0.25, 0.3) is 0 Å². The molecule has 6 rings (SSSR count). The SMILES string of the molecule is CC(C)C(=O)OC1CC2CC(C(=O)OC3(C)C4CC5CC(C4)CC3C5)C1C2. The predicted molar refractivity (Wildman–Crippen MR) is 101 cm³/mol. The molecule has 150 valence electrons. The quantitative estimate of drug-likeness (QED) is 0.686. The van der Waals surface area contributed by atoms with Gasteiger partial charge >= 0.3 is 11.9 Å². The van der Waals surface area contributed by atoms with Crippen LogP contribution >= 0.6 is 0 Å². The number of carbonyl (C=O) groups excluding carboxylic acids is 2. The molecule has 0 N–H and O–H groups in total. The normalized spacial score (nSPS) is 49.6. The molecule has 0 radical (unpaired) electrons. The van der Waals surface area contributed by atoms with E-state index in [0.29, 0.717) is 17.8 Å². The number of ether oxygens (including phenoxy) is 2. The average Bonchev–Trinajstić information content (AvgIpc) is 3.19. The van der Waals surface area contributed by atoms with Gasteiger partial charge in [0, 0.05) is 5.92 Å². The monoisotopic (exact) mass is 374 g/mol. The second-order valence-electron chi connectivity index (χ2n) is 10.9. The van der Waals surface area contributed by atoms with Gasteiger partial charge in [-0.3, -0.25) is 9.59 Å². The highest BCUT2D eigenvalue weighted by Gasteiger charge is 2.59. The van der Waals surface area contributed by atoms with E-state index in [2.05, 4.69) is 6.92 Å². The summed E-state index contributed by atoms with van der Waals surface area (Å²) in [5, 5.41) is 0. The lowest BCUT2D eigenvalue weighted by atomic mass is 9.50. The lowest BCUT2D eigenvalue weighted by molar-refractivity contribution is -0.210. The maximum Gasteiger partial charge on any atom is 0.309 e. The van der Waals surface area contributed by atoms with Crippen molar-refractivity contribution in [1.29, 1.82) is 0 Å². The Morgan fingerprint density at radius 2 is 1.44 bits per heavy atom. The molecule has 6 saturated carbocycles. The molecule has 4 atom stereocenters. The van der Waals surface area contributed by atoms with Crippen molar-refractivity contribution in [2.75, 3.05) is 0 Å². The summed E-state index contributed by atoms with van der Waals surface area (Å²) in [6.45, 7) is 5.96. The number of fused-ring (bicyclic) bond motifs is 2. The molecule has 0 aromatic heterocycles. The Morgan fingerprint density at radius 3 is 2.00 bits per heavy atom. The third-order valence-electron chi connectivity index (χ3n) is 8.87. The molecule has 0 spiro atoms. The van der Waals surface area contributed by atoms with E-state index in [-0.39, 0.29) is 41.4 Å². The highest BCUT2D eigenvalue weighted by Crippen LogP contribution is 2.60. The van der Waals surface area contributed by atoms with Crippen LogP contribution in [0.4, 0.5) is 0 Å². The molecule has 6 bridgehead atoms. The van der Waals surface area contributed by atoms with E-state index in [9.17, 15) is 9.59 Å². The topological polar surface area (TPSA) is 52.6 Å². The number of rotatable bonds is 4. The van der Waals surface area contributed by atoms with Gasteiger partial charge in [0.15, 0.2) is 0 Å². The Kier molecular flexibility index (Phi) is 4.15. The van der Waals surface area contributed by atoms with Gasteiger partial charge < -0.3 is 9.47 Å². The molecule has 4 unspecified atom stereocenters. The van der Waals surface area contributed by atoms with Crippen LogP contribution in [0.2, 0.25) is 0 Å². The molecule has 6 fully saturated rings. The fourth-order valence-corrected chi connectivity index (χ4v) is 7.56. The summed E-state index contributed by atoms with van der Waals surface area (Å²) in [4.78, 5) is 25.3. The van der Waals surface area contributed by atoms with Gasteiger partial charge in [-0.1, -0.05) is 13.8 Å². The standard InChI is InChI=1S/C23H34O4/c1-12(2)21(24)26-20-11-15-9-18(20)19(10-15)22(25)27-23(3)16-5-13-4-14(7-16)8-17(23)6-13/h12-20H,4-11H2,1-3H3. The lowest BCUT2D eigenvalue weighted by Crippen LogP contribution is -2.58. The van der Waals surface area contributed by atoms with Gasteiger partial charge in [-0.15, -0.1) is 0 Å². The molecule has 0 aliphatic heterocycles. The second-order valence-corrected chi connectivity index (χ2v) is 10.9. The van der Waals surface area contributed by atoms with Crippen molar-refractivity contribution in [3.8, 4) is 0 Å². The van der Waals surface area contributed by atoms with E-state index in [4.69, 9.17) is 9.47 Å². The minimum absolute atomic E-state index is 0.00256. The minimum atomic E-state index is -0.254. The summed E-state index contributed by atoms with van der Waals surface area (Å²) in [5.74, 6) is 3.26. The zero-order valence-corrected chi connectivity index (χ0v) is 17.0. The highest BCUT2D eigenvalue weighted by atomic mass is 16.6.